The summed E-state index contributed by atoms with van der Waals surface area (Å²) in [6, 6.07) is -1.51. The molecule has 9 heteroatoms. The van der Waals surface area contributed by atoms with Crippen molar-refractivity contribution in [2.75, 3.05) is 20.8 Å². The third-order valence-electron chi connectivity index (χ3n) is 2.66. The number of esters is 2. The lowest BCUT2D eigenvalue weighted by atomic mass is 10.1. The smallest absolute Gasteiger partial charge is 0.411 e. The Morgan fingerprint density at radius 3 is 1.96 bits per heavy atom. The number of ether oxygens (including phenoxy) is 3. The number of carboxylic acids is 1. The molecule has 0 heterocycles. The number of hydrogen-bond acceptors (Lipinski definition) is 7. The summed E-state index contributed by atoms with van der Waals surface area (Å²) < 4.78 is 14.0. The zero-order valence-electron chi connectivity index (χ0n) is 14.0. The Balaban J connectivity index is 5.32. The molecule has 0 unspecified atom stereocenters. The second-order valence-corrected chi connectivity index (χ2v) is 5.63. The Labute approximate surface area is 134 Å². The average molecular weight is 333 g/mol. The van der Waals surface area contributed by atoms with Crippen LogP contribution in [0.2, 0.25) is 0 Å². The van der Waals surface area contributed by atoms with Gasteiger partial charge < -0.3 is 19.3 Å². The first kappa shape index (κ1) is 20.7. The Hall–Kier alpha value is -2.32. The van der Waals surface area contributed by atoms with Gasteiger partial charge in [0.05, 0.1) is 27.1 Å². The first-order valence-corrected chi connectivity index (χ1v) is 6.88. The van der Waals surface area contributed by atoms with Gasteiger partial charge >= 0.3 is 24.0 Å². The third-order valence-corrected chi connectivity index (χ3v) is 2.66. The lowest BCUT2D eigenvalue weighted by molar-refractivity contribution is -0.151. The van der Waals surface area contributed by atoms with Crippen LogP contribution in [0.15, 0.2) is 0 Å². The van der Waals surface area contributed by atoms with Crippen molar-refractivity contribution >= 4 is 24.0 Å². The highest BCUT2D eigenvalue weighted by Crippen LogP contribution is 2.15. The van der Waals surface area contributed by atoms with Crippen molar-refractivity contribution in [1.29, 1.82) is 0 Å². The molecule has 0 aromatic rings. The van der Waals surface area contributed by atoms with E-state index in [1.807, 2.05) is 0 Å². The highest BCUT2D eigenvalue weighted by Gasteiger charge is 2.35. The van der Waals surface area contributed by atoms with Crippen molar-refractivity contribution < 1.29 is 38.5 Å². The van der Waals surface area contributed by atoms with E-state index in [2.05, 4.69) is 9.47 Å². The van der Waals surface area contributed by atoms with Gasteiger partial charge in [-0.2, -0.15) is 0 Å². The van der Waals surface area contributed by atoms with Gasteiger partial charge in [-0.05, 0) is 20.8 Å². The van der Waals surface area contributed by atoms with Crippen LogP contribution in [0.1, 0.15) is 33.6 Å². The van der Waals surface area contributed by atoms with Crippen molar-refractivity contribution in [3.05, 3.63) is 0 Å². The predicted octanol–water partition coefficient (Wildman–Crippen LogP) is 0.803. The van der Waals surface area contributed by atoms with Crippen LogP contribution in [-0.2, 0) is 28.6 Å². The van der Waals surface area contributed by atoms with E-state index in [1.54, 1.807) is 20.8 Å². The van der Waals surface area contributed by atoms with Gasteiger partial charge in [-0.25, -0.2) is 9.59 Å². The molecule has 0 aliphatic rings. The summed E-state index contributed by atoms with van der Waals surface area (Å²) in [5, 5.41) is 9.28. The first-order valence-electron chi connectivity index (χ1n) is 6.88. The lowest BCUT2D eigenvalue weighted by Crippen LogP contribution is -2.49. The fourth-order valence-electron chi connectivity index (χ4n) is 1.58. The quantitative estimate of drug-likeness (QED) is 0.537. The largest absolute Gasteiger partial charge is 0.480 e. The van der Waals surface area contributed by atoms with Gasteiger partial charge in [0, 0.05) is 6.54 Å². The van der Waals surface area contributed by atoms with Crippen LogP contribution in [0.25, 0.3) is 0 Å². The van der Waals surface area contributed by atoms with Gasteiger partial charge in [-0.3, -0.25) is 14.5 Å². The van der Waals surface area contributed by atoms with E-state index >= 15 is 0 Å². The minimum absolute atomic E-state index is 0.235. The number of amides is 1. The Bertz CT molecular complexity index is 454. The number of carboxylic acid groups (broad SMARTS) is 1. The second kappa shape index (κ2) is 8.96. The molecule has 23 heavy (non-hydrogen) atoms. The van der Waals surface area contributed by atoms with Crippen molar-refractivity contribution in [2.45, 2.75) is 45.3 Å². The molecule has 9 nitrogen and oxygen atoms in total. The van der Waals surface area contributed by atoms with Crippen LogP contribution in [0.5, 0.6) is 0 Å². The van der Waals surface area contributed by atoms with Crippen molar-refractivity contribution in [3.8, 4) is 0 Å². The van der Waals surface area contributed by atoms with Crippen LogP contribution in [0, 0.1) is 0 Å². The maximum absolute atomic E-state index is 12.2. The van der Waals surface area contributed by atoms with E-state index < -0.39 is 42.1 Å². The van der Waals surface area contributed by atoms with E-state index in [-0.39, 0.29) is 13.0 Å². The SMILES string of the molecule is COC(=O)CCN(C(=O)OC(C)(C)C)[C@@H](CC(=O)OC)C(=O)O. The summed E-state index contributed by atoms with van der Waals surface area (Å²) in [6.07, 6.45) is -1.75. The number of rotatable bonds is 7. The maximum atomic E-state index is 12.2. The minimum atomic E-state index is -1.51. The molecular formula is C14H23NO8. The predicted molar refractivity (Wildman–Crippen MR) is 77.6 cm³/mol. The Kier molecular flexibility index (Phi) is 8.06. The zero-order chi connectivity index (χ0) is 18.2. The average Bonchev–Trinajstić information content (AvgIpc) is 2.43. The number of aliphatic carboxylic acids is 1. The van der Waals surface area contributed by atoms with Crippen molar-refractivity contribution in [2.24, 2.45) is 0 Å². The summed E-state index contributed by atoms with van der Waals surface area (Å²) in [5.41, 5.74) is -0.866. The van der Waals surface area contributed by atoms with Crippen LogP contribution >= 0.6 is 0 Å². The third kappa shape index (κ3) is 8.03. The van der Waals surface area contributed by atoms with Gasteiger partial charge in [0.15, 0.2) is 0 Å². The second-order valence-electron chi connectivity index (χ2n) is 5.63. The Morgan fingerprint density at radius 2 is 1.57 bits per heavy atom. The number of hydrogen-bond donors (Lipinski definition) is 1. The summed E-state index contributed by atoms with van der Waals surface area (Å²) in [7, 11) is 2.27. The molecule has 0 aromatic heterocycles. The van der Waals surface area contributed by atoms with E-state index in [4.69, 9.17) is 4.74 Å². The number of carbonyl (C=O) groups excluding carboxylic acids is 3. The molecule has 1 N–H and O–H groups in total. The molecule has 1 amide bonds. The molecule has 0 aliphatic heterocycles. The molecule has 1 atom stereocenters. The molecular weight excluding hydrogens is 310 g/mol. The zero-order valence-corrected chi connectivity index (χ0v) is 14.0. The van der Waals surface area contributed by atoms with E-state index in [0.29, 0.717) is 0 Å². The van der Waals surface area contributed by atoms with Gasteiger partial charge in [-0.1, -0.05) is 0 Å². The van der Waals surface area contributed by atoms with Crippen LogP contribution in [0.3, 0.4) is 0 Å². The fraction of sp³-hybridized carbons (Fsp3) is 0.714. The molecule has 0 aliphatic carbocycles. The van der Waals surface area contributed by atoms with Crippen molar-refractivity contribution in [3.63, 3.8) is 0 Å². The molecule has 0 saturated carbocycles. The molecule has 0 aromatic carbocycles. The normalized spacial score (nSPS) is 12.0. The highest BCUT2D eigenvalue weighted by molar-refractivity contribution is 5.85. The molecule has 0 radical (unpaired) electrons. The van der Waals surface area contributed by atoms with Gasteiger partial charge in [0.1, 0.15) is 11.6 Å². The number of methoxy groups -OCH3 is 2. The summed E-state index contributed by atoms with van der Waals surface area (Å²) >= 11 is 0. The monoisotopic (exact) mass is 333 g/mol. The summed E-state index contributed by atoms with van der Waals surface area (Å²) in [4.78, 5) is 47.1. The molecule has 132 valence electrons. The van der Waals surface area contributed by atoms with Crippen molar-refractivity contribution in [1.82, 2.24) is 4.90 Å². The van der Waals surface area contributed by atoms with E-state index in [9.17, 15) is 24.3 Å². The van der Waals surface area contributed by atoms with Crippen LogP contribution in [-0.4, -0.2) is 66.4 Å². The summed E-state index contributed by atoms with van der Waals surface area (Å²) in [6.45, 7) is 4.56. The van der Waals surface area contributed by atoms with Crippen LogP contribution < -0.4 is 0 Å². The molecule has 0 fully saturated rings. The van der Waals surface area contributed by atoms with E-state index in [1.165, 1.54) is 7.11 Å². The molecule has 0 spiro atoms. The maximum Gasteiger partial charge on any atom is 0.411 e. The fourth-order valence-corrected chi connectivity index (χ4v) is 1.58. The molecule has 0 bridgehead atoms. The van der Waals surface area contributed by atoms with Gasteiger partial charge in [-0.15, -0.1) is 0 Å². The standard InChI is InChI=1S/C14H23NO8/c1-14(2,3)23-13(20)15(7-6-10(16)21-4)9(12(18)19)8-11(17)22-5/h9H,6-8H2,1-5H3,(H,18,19)/t9-/m0/s1. The van der Waals surface area contributed by atoms with Gasteiger partial charge in [0.25, 0.3) is 0 Å². The number of carbonyl (C=O) groups is 4. The molecule has 0 rings (SSSR count). The molecule has 0 saturated heterocycles. The van der Waals surface area contributed by atoms with Gasteiger partial charge in [0.2, 0.25) is 0 Å². The number of nitrogens with zero attached hydrogens (tertiary/aromatic N) is 1. The van der Waals surface area contributed by atoms with Crippen LogP contribution in [0.4, 0.5) is 4.79 Å². The summed E-state index contributed by atoms with van der Waals surface area (Å²) in [5.74, 6) is -2.84. The lowest BCUT2D eigenvalue weighted by Gasteiger charge is -2.30. The topological polar surface area (TPSA) is 119 Å². The highest BCUT2D eigenvalue weighted by atomic mass is 16.6. The minimum Gasteiger partial charge on any atom is -0.480 e. The van der Waals surface area contributed by atoms with E-state index in [0.717, 1.165) is 12.0 Å². The first-order chi connectivity index (χ1) is 10.5. The Morgan fingerprint density at radius 1 is 1.04 bits per heavy atom.